The molecule has 4 aromatic rings. The first-order valence-electron chi connectivity index (χ1n) is 10.6. The van der Waals surface area contributed by atoms with Crippen LogP contribution >= 0.6 is 0 Å². The molecule has 0 unspecified atom stereocenters. The van der Waals surface area contributed by atoms with Crippen molar-refractivity contribution in [3.05, 3.63) is 64.5 Å². The highest BCUT2D eigenvalue weighted by molar-refractivity contribution is 6.20. The summed E-state index contributed by atoms with van der Waals surface area (Å²) in [5, 5.41) is 4.99. The Morgan fingerprint density at radius 2 is 1.88 bits per heavy atom. The maximum absolute atomic E-state index is 13.9. The molecule has 0 atom stereocenters. The van der Waals surface area contributed by atoms with Crippen molar-refractivity contribution in [3.8, 4) is 22.8 Å². The Bertz CT molecular complexity index is 1330. The Kier molecular flexibility index (Phi) is 5.55. The van der Waals surface area contributed by atoms with Crippen molar-refractivity contribution in [1.82, 2.24) is 9.78 Å². The third-order valence-electron chi connectivity index (χ3n) is 5.66. The van der Waals surface area contributed by atoms with E-state index in [4.69, 9.17) is 13.9 Å². The lowest BCUT2D eigenvalue weighted by Gasteiger charge is -2.12. The van der Waals surface area contributed by atoms with Gasteiger partial charge in [0.15, 0.2) is 17.1 Å². The maximum atomic E-state index is 13.9. The number of aryl methyl sites for hydroxylation is 3. The van der Waals surface area contributed by atoms with E-state index in [0.29, 0.717) is 39.4 Å². The number of benzene rings is 2. The van der Waals surface area contributed by atoms with Crippen LogP contribution in [0.5, 0.6) is 11.5 Å². The summed E-state index contributed by atoms with van der Waals surface area (Å²) in [6.45, 7) is 9.86. The van der Waals surface area contributed by atoms with Crippen LogP contribution in [0.3, 0.4) is 0 Å². The third kappa shape index (κ3) is 3.66. The Hall–Kier alpha value is -3.54. The summed E-state index contributed by atoms with van der Waals surface area (Å²) >= 11 is 0. The van der Waals surface area contributed by atoms with Crippen molar-refractivity contribution in [2.24, 2.45) is 7.05 Å². The van der Waals surface area contributed by atoms with E-state index in [9.17, 15) is 4.79 Å². The van der Waals surface area contributed by atoms with Gasteiger partial charge in [0.2, 0.25) is 0 Å². The molecule has 0 fully saturated rings. The molecule has 0 aliphatic carbocycles. The van der Waals surface area contributed by atoms with Crippen LogP contribution in [0.15, 0.2) is 41.1 Å². The molecule has 2 heterocycles. The van der Waals surface area contributed by atoms with E-state index in [1.807, 2.05) is 66.1 Å². The fourth-order valence-electron chi connectivity index (χ4n) is 3.90. The minimum absolute atomic E-state index is 0.0330. The van der Waals surface area contributed by atoms with E-state index in [1.165, 1.54) is 0 Å². The molecule has 0 N–H and O–H groups in total. The van der Waals surface area contributed by atoms with Crippen LogP contribution in [0, 0.1) is 20.8 Å². The molecule has 4 rings (SSSR count). The molecule has 6 heteroatoms. The van der Waals surface area contributed by atoms with Crippen LogP contribution in [0.4, 0.5) is 0 Å². The average molecular weight is 433 g/mol. The van der Waals surface area contributed by atoms with E-state index in [-0.39, 0.29) is 11.9 Å². The van der Waals surface area contributed by atoms with Crippen LogP contribution in [0.25, 0.3) is 22.3 Å². The van der Waals surface area contributed by atoms with Gasteiger partial charge in [-0.25, -0.2) is 0 Å². The van der Waals surface area contributed by atoms with Gasteiger partial charge >= 0.3 is 0 Å². The molecule has 0 amide bonds. The van der Waals surface area contributed by atoms with Gasteiger partial charge in [-0.15, -0.1) is 0 Å². The summed E-state index contributed by atoms with van der Waals surface area (Å²) in [7, 11) is 3.45. The Morgan fingerprint density at radius 1 is 1.12 bits per heavy atom. The topological polar surface area (TPSA) is 66.5 Å². The highest BCUT2D eigenvalue weighted by Crippen LogP contribution is 2.41. The average Bonchev–Trinajstić information content (AvgIpc) is 3.34. The number of furan rings is 1. The van der Waals surface area contributed by atoms with Crippen molar-refractivity contribution in [2.75, 3.05) is 7.11 Å². The predicted octanol–water partition coefficient (Wildman–Crippen LogP) is 5.79. The molecule has 0 saturated heterocycles. The molecule has 0 aliphatic rings. The lowest BCUT2D eigenvalue weighted by molar-refractivity contribution is 0.104. The number of nitrogens with zero attached hydrogens (tertiary/aromatic N) is 2. The Balaban J connectivity index is 2.01. The van der Waals surface area contributed by atoms with Crippen LogP contribution in [-0.2, 0) is 7.05 Å². The monoisotopic (exact) mass is 432 g/mol. The number of rotatable bonds is 6. The lowest BCUT2D eigenvalue weighted by atomic mass is 9.95. The minimum atomic E-state index is -0.136. The van der Waals surface area contributed by atoms with Gasteiger partial charge in [0.1, 0.15) is 11.5 Å². The van der Waals surface area contributed by atoms with Gasteiger partial charge in [-0.1, -0.05) is 6.07 Å². The number of ketones is 1. The molecule has 0 saturated carbocycles. The number of carbonyl (C=O) groups excluding carboxylic acids is 1. The molecule has 2 aromatic carbocycles. The number of hydrogen-bond donors (Lipinski definition) is 0. The van der Waals surface area contributed by atoms with Gasteiger partial charge in [0.25, 0.3) is 0 Å². The number of ether oxygens (including phenoxy) is 2. The zero-order valence-corrected chi connectivity index (χ0v) is 19.6. The van der Waals surface area contributed by atoms with Crippen molar-refractivity contribution in [2.45, 2.75) is 40.7 Å². The SMILES string of the molecule is COc1cc(C(=O)c2c(-c3cnn(C)c3)oc3c(OC(C)C)c(C)ccc23)cc(C)c1C. The molecule has 166 valence electrons. The number of carbonyl (C=O) groups is 1. The van der Waals surface area contributed by atoms with Crippen molar-refractivity contribution < 1.29 is 18.7 Å². The van der Waals surface area contributed by atoms with Crippen molar-refractivity contribution in [3.63, 3.8) is 0 Å². The highest BCUT2D eigenvalue weighted by Gasteiger charge is 2.27. The van der Waals surface area contributed by atoms with Crippen LogP contribution in [-0.4, -0.2) is 28.8 Å². The molecule has 0 bridgehead atoms. The third-order valence-corrected chi connectivity index (χ3v) is 5.66. The largest absolute Gasteiger partial charge is 0.496 e. The second-order valence-corrected chi connectivity index (χ2v) is 8.41. The van der Waals surface area contributed by atoms with E-state index in [2.05, 4.69) is 5.10 Å². The van der Waals surface area contributed by atoms with Gasteiger partial charge in [-0.3, -0.25) is 9.48 Å². The second-order valence-electron chi connectivity index (χ2n) is 8.41. The maximum Gasteiger partial charge on any atom is 0.197 e. The van der Waals surface area contributed by atoms with Crippen molar-refractivity contribution in [1.29, 1.82) is 0 Å². The highest BCUT2D eigenvalue weighted by atomic mass is 16.5. The predicted molar refractivity (Wildman–Crippen MR) is 125 cm³/mol. The number of fused-ring (bicyclic) bond motifs is 1. The van der Waals surface area contributed by atoms with Gasteiger partial charge in [0.05, 0.1) is 30.5 Å². The molecular weight excluding hydrogens is 404 g/mol. The second kappa shape index (κ2) is 8.19. The summed E-state index contributed by atoms with van der Waals surface area (Å²) in [4.78, 5) is 13.9. The van der Waals surface area contributed by atoms with Crippen molar-refractivity contribution >= 4 is 16.8 Å². The number of hydrogen-bond acceptors (Lipinski definition) is 5. The summed E-state index contributed by atoms with van der Waals surface area (Å²) in [5.74, 6) is 1.68. The molecular formula is C26H28N2O4. The first-order chi connectivity index (χ1) is 15.2. The van der Waals surface area contributed by atoms with Crippen LogP contribution < -0.4 is 9.47 Å². The molecule has 0 radical (unpaired) electrons. The summed E-state index contributed by atoms with van der Waals surface area (Å²) < 4.78 is 19.6. The Labute approximate surface area is 187 Å². The fraction of sp³-hybridized carbons (Fsp3) is 0.308. The summed E-state index contributed by atoms with van der Waals surface area (Å²) in [6, 6.07) is 7.56. The summed E-state index contributed by atoms with van der Waals surface area (Å²) in [6.07, 6.45) is 3.51. The Morgan fingerprint density at radius 3 is 2.50 bits per heavy atom. The summed E-state index contributed by atoms with van der Waals surface area (Å²) in [5.41, 5.74) is 5.29. The fourth-order valence-corrected chi connectivity index (χ4v) is 3.90. The molecule has 32 heavy (non-hydrogen) atoms. The van der Waals surface area contributed by atoms with Crippen LogP contribution in [0.2, 0.25) is 0 Å². The zero-order valence-electron chi connectivity index (χ0n) is 19.6. The zero-order chi connectivity index (χ0) is 23.2. The smallest absolute Gasteiger partial charge is 0.197 e. The van der Waals surface area contributed by atoms with Gasteiger partial charge in [-0.2, -0.15) is 5.10 Å². The normalized spacial score (nSPS) is 11.4. The molecule has 0 aliphatic heterocycles. The number of methoxy groups -OCH3 is 1. The van der Waals surface area contributed by atoms with Gasteiger partial charge in [0, 0.05) is 24.2 Å². The van der Waals surface area contributed by atoms with E-state index in [0.717, 1.165) is 22.3 Å². The van der Waals surface area contributed by atoms with E-state index in [1.54, 1.807) is 24.1 Å². The lowest BCUT2D eigenvalue weighted by Crippen LogP contribution is -2.07. The van der Waals surface area contributed by atoms with Gasteiger partial charge < -0.3 is 13.9 Å². The van der Waals surface area contributed by atoms with Crippen LogP contribution in [0.1, 0.15) is 46.5 Å². The quantitative estimate of drug-likeness (QED) is 0.361. The van der Waals surface area contributed by atoms with Gasteiger partial charge in [-0.05, 0) is 69.5 Å². The molecule has 2 aromatic heterocycles. The number of aromatic nitrogens is 2. The first-order valence-corrected chi connectivity index (χ1v) is 10.6. The minimum Gasteiger partial charge on any atom is -0.496 e. The van der Waals surface area contributed by atoms with E-state index < -0.39 is 0 Å². The van der Waals surface area contributed by atoms with E-state index >= 15 is 0 Å². The molecule has 0 spiro atoms. The standard InChI is InChI=1S/C26H28N2O4/c1-14(2)31-24-15(3)8-9-20-22(25(32-26(20)24)19-12-27-28(6)13-19)23(29)18-10-16(4)17(5)21(11-18)30-7/h8-14H,1-7H3. The molecule has 6 nitrogen and oxygen atoms in total. The first kappa shape index (κ1) is 21.7.